The standard InChI is InChI=1S/C17H15ClN2S/c18-13-8-4-10-15-16(13)19-17(21)20(15)14-9-3-6-11-5-1-2-7-12(11)14/h3-4,6,8-10H,1-2,5,7H2,(H,19,21). The molecular formula is C17H15ClN2S. The molecule has 3 aromatic rings. The third kappa shape index (κ3) is 2.03. The van der Waals surface area contributed by atoms with Crippen LogP contribution >= 0.6 is 23.8 Å². The second-order valence-electron chi connectivity index (χ2n) is 5.52. The van der Waals surface area contributed by atoms with E-state index in [1.54, 1.807) is 0 Å². The van der Waals surface area contributed by atoms with Crippen molar-refractivity contribution in [1.82, 2.24) is 9.55 Å². The molecule has 0 saturated carbocycles. The van der Waals surface area contributed by atoms with E-state index >= 15 is 0 Å². The highest BCUT2D eigenvalue weighted by Crippen LogP contribution is 2.31. The summed E-state index contributed by atoms with van der Waals surface area (Å²) < 4.78 is 2.83. The third-order valence-electron chi connectivity index (χ3n) is 4.28. The Morgan fingerprint density at radius 3 is 2.76 bits per heavy atom. The predicted molar refractivity (Wildman–Crippen MR) is 90.1 cm³/mol. The molecule has 106 valence electrons. The summed E-state index contributed by atoms with van der Waals surface area (Å²) >= 11 is 11.8. The summed E-state index contributed by atoms with van der Waals surface area (Å²) in [7, 11) is 0. The predicted octanol–water partition coefficient (Wildman–Crippen LogP) is 5.22. The van der Waals surface area contributed by atoms with Gasteiger partial charge in [-0.2, -0.15) is 0 Å². The molecule has 4 rings (SSSR count). The highest BCUT2D eigenvalue weighted by atomic mass is 35.5. The molecule has 21 heavy (non-hydrogen) atoms. The first kappa shape index (κ1) is 13.1. The first-order valence-corrected chi connectivity index (χ1v) is 8.05. The van der Waals surface area contributed by atoms with E-state index in [4.69, 9.17) is 23.8 Å². The van der Waals surface area contributed by atoms with Crippen LogP contribution in [0.25, 0.3) is 16.7 Å². The van der Waals surface area contributed by atoms with Gasteiger partial charge in [-0.25, -0.2) is 0 Å². The van der Waals surface area contributed by atoms with Gasteiger partial charge in [-0.05, 0) is 67.2 Å². The number of hydrogen-bond acceptors (Lipinski definition) is 1. The first-order valence-electron chi connectivity index (χ1n) is 7.26. The quantitative estimate of drug-likeness (QED) is 0.611. The van der Waals surface area contributed by atoms with Crippen LogP contribution in [-0.4, -0.2) is 9.55 Å². The van der Waals surface area contributed by atoms with Crippen LogP contribution in [0.3, 0.4) is 0 Å². The fraction of sp³-hybridized carbons (Fsp3) is 0.235. The number of aryl methyl sites for hydroxylation is 1. The molecule has 0 saturated heterocycles. The van der Waals surface area contributed by atoms with Gasteiger partial charge in [0.2, 0.25) is 0 Å². The lowest BCUT2D eigenvalue weighted by atomic mass is 9.90. The van der Waals surface area contributed by atoms with Crippen LogP contribution < -0.4 is 0 Å². The molecular weight excluding hydrogens is 300 g/mol. The molecule has 0 amide bonds. The summed E-state index contributed by atoms with van der Waals surface area (Å²) in [6, 6.07) is 12.5. The number of benzene rings is 2. The molecule has 1 aliphatic carbocycles. The van der Waals surface area contributed by atoms with E-state index in [0.29, 0.717) is 9.79 Å². The summed E-state index contributed by atoms with van der Waals surface area (Å²) in [6.45, 7) is 0. The molecule has 0 atom stereocenters. The van der Waals surface area contributed by atoms with Crippen molar-refractivity contribution in [2.75, 3.05) is 0 Å². The Bertz CT molecular complexity index is 891. The van der Waals surface area contributed by atoms with Gasteiger partial charge >= 0.3 is 0 Å². The van der Waals surface area contributed by atoms with Crippen molar-refractivity contribution in [1.29, 1.82) is 0 Å². The number of H-pyrrole nitrogens is 1. The summed E-state index contributed by atoms with van der Waals surface area (Å²) in [4.78, 5) is 3.25. The average Bonchev–Trinajstić information content (AvgIpc) is 2.84. The Labute approximate surface area is 133 Å². The molecule has 0 spiro atoms. The van der Waals surface area contributed by atoms with E-state index in [2.05, 4.69) is 33.8 Å². The van der Waals surface area contributed by atoms with E-state index in [0.717, 1.165) is 17.5 Å². The van der Waals surface area contributed by atoms with Crippen LogP contribution in [0.15, 0.2) is 36.4 Å². The third-order valence-corrected chi connectivity index (χ3v) is 4.88. The van der Waals surface area contributed by atoms with E-state index in [1.807, 2.05) is 12.1 Å². The maximum atomic E-state index is 6.28. The van der Waals surface area contributed by atoms with Crippen molar-refractivity contribution in [2.45, 2.75) is 25.7 Å². The van der Waals surface area contributed by atoms with Crippen LogP contribution in [0.5, 0.6) is 0 Å². The lowest BCUT2D eigenvalue weighted by molar-refractivity contribution is 0.681. The molecule has 0 fully saturated rings. The van der Waals surface area contributed by atoms with Crippen molar-refractivity contribution in [3.05, 3.63) is 57.3 Å². The Hall–Kier alpha value is -1.58. The summed E-state index contributed by atoms with van der Waals surface area (Å²) in [5, 5.41) is 0.710. The lowest BCUT2D eigenvalue weighted by Crippen LogP contribution is -2.08. The summed E-state index contributed by atoms with van der Waals surface area (Å²) in [6.07, 6.45) is 4.82. The number of rotatable bonds is 1. The minimum absolute atomic E-state index is 0.706. The van der Waals surface area contributed by atoms with Crippen LogP contribution in [0.1, 0.15) is 24.0 Å². The van der Waals surface area contributed by atoms with Crippen molar-refractivity contribution >= 4 is 34.9 Å². The zero-order chi connectivity index (χ0) is 14.4. The largest absolute Gasteiger partial charge is 0.329 e. The fourth-order valence-electron chi connectivity index (χ4n) is 3.30. The monoisotopic (exact) mass is 314 g/mol. The Balaban J connectivity index is 2.06. The summed E-state index contributed by atoms with van der Waals surface area (Å²) in [5.41, 5.74) is 6.05. The second kappa shape index (κ2) is 5.00. The minimum atomic E-state index is 0.706. The molecule has 0 radical (unpaired) electrons. The second-order valence-corrected chi connectivity index (χ2v) is 6.32. The van der Waals surface area contributed by atoms with Gasteiger partial charge in [-0.3, -0.25) is 4.57 Å². The Morgan fingerprint density at radius 2 is 1.86 bits per heavy atom. The van der Waals surface area contributed by atoms with E-state index in [-0.39, 0.29) is 0 Å². The molecule has 4 heteroatoms. The van der Waals surface area contributed by atoms with Crippen molar-refractivity contribution in [3.63, 3.8) is 0 Å². The van der Waals surface area contributed by atoms with E-state index in [1.165, 1.54) is 36.1 Å². The number of fused-ring (bicyclic) bond motifs is 2. The summed E-state index contributed by atoms with van der Waals surface area (Å²) in [5.74, 6) is 0. The number of nitrogens with zero attached hydrogens (tertiary/aromatic N) is 1. The normalized spacial score (nSPS) is 14.3. The van der Waals surface area contributed by atoms with Crippen molar-refractivity contribution < 1.29 is 0 Å². The van der Waals surface area contributed by atoms with Gasteiger partial charge in [-0.15, -0.1) is 0 Å². The fourth-order valence-corrected chi connectivity index (χ4v) is 3.82. The molecule has 2 aromatic carbocycles. The number of para-hydroxylation sites is 1. The Morgan fingerprint density at radius 1 is 1.05 bits per heavy atom. The number of imidazole rings is 1. The molecule has 0 bridgehead atoms. The topological polar surface area (TPSA) is 20.7 Å². The van der Waals surface area contributed by atoms with Gasteiger partial charge in [0.15, 0.2) is 4.77 Å². The van der Waals surface area contributed by atoms with Gasteiger partial charge in [-0.1, -0.05) is 29.8 Å². The van der Waals surface area contributed by atoms with E-state index in [9.17, 15) is 0 Å². The lowest BCUT2D eigenvalue weighted by Gasteiger charge is -2.20. The van der Waals surface area contributed by atoms with Gasteiger partial charge in [0.05, 0.1) is 21.7 Å². The number of aromatic nitrogens is 2. The van der Waals surface area contributed by atoms with Crippen LogP contribution in [0.2, 0.25) is 5.02 Å². The van der Waals surface area contributed by atoms with Gasteiger partial charge in [0.1, 0.15) is 0 Å². The first-order chi connectivity index (χ1) is 10.3. The zero-order valence-electron chi connectivity index (χ0n) is 11.5. The highest BCUT2D eigenvalue weighted by Gasteiger charge is 2.16. The molecule has 1 aromatic heterocycles. The number of hydrogen-bond donors (Lipinski definition) is 1. The highest BCUT2D eigenvalue weighted by molar-refractivity contribution is 7.71. The maximum Gasteiger partial charge on any atom is 0.182 e. The van der Waals surface area contributed by atoms with Gasteiger partial charge in [0, 0.05) is 0 Å². The molecule has 2 nitrogen and oxygen atoms in total. The molecule has 1 aliphatic rings. The van der Waals surface area contributed by atoms with Crippen LogP contribution in [-0.2, 0) is 12.8 Å². The van der Waals surface area contributed by atoms with Gasteiger partial charge in [0.25, 0.3) is 0 Å². The average molecular weight is 315 g/mol. The molecule has 0 aliphatic heterocycles. The maximum absolute atomic E-state index is 6.28. The number of halogens is 1. The smallest absolute Gasteiger partial charge is 0.182 e. The van der Waals surface area contributed by atoms with E-state index < -0.39 is 0 Å². The Kier molecular flexibility index (Phi) is 3.12. The molecule has 0 unspecified atom stereocenters. The van der Waals surface area contributed by atoms with Crippen LogP contribution in [0, 0.1) is 4.77 Å². The SMILES string of the molecule is S=c1[nH]c2c(Cl)cccc2n1-c1cccc2c1CCCC2. The number of aromatic amines is 1. The van der Waals surface area contributed by atoms with Crippen LogP contribution in [0.4, 0.5) is 0 Å². The number of nitrogens with one attached hydrogen (secondary N) is 1. The molecule has 1 heterocycles. The van der Waals surface area contributed by atoms with Gasteiger partial charge < -0.3 is 4.98 Å². The van der Waals surface area contributed by atoms with Crippen molar-refractivity contribution in [3.8, 4) is 5.69 Å². The minimum Gasteiger partial charge on any atom is -0.329 e. The molecule has 1 N–H and O–H groups in total. The zero-order valence-corrected chi connectivity index (χ0v) is 13.1. The van der Waals surface area contributed by atoms with Crippen molar-refractivity contribution in [2.24, 2.45) is 0 Å².